The molecule has 1 aromatic heterocycles. The third-order valence-electron chi connectivity index (χ3n) is 3.74. The lowest BCUT2D eigenvalue weighted by atomic mass is 9.88. The zero-order valence-corrected chi connectivity index (χ0v) is 11.8. The molecule has 0 aliphatic carbocycles. The minimum Gasteiger partial charge on any atom is -0.359 e. The summed E-state index contributed by atoms with van der Waals surface area (Å²) < 4.78 is 0. The van der Waals surface area contributed by atoms with E-state index in [1.807, 2.05) is 24.3 Å². The molecule has 0 saturated carbocycles. The largest absolute Gasteiger partial charge is 0.359 e. The van der Waals surface area contributed by atoms with Crippen LogP contribution in [0.15, 0.2) is 54.7 Å². The number of benzene rings is 2. The van der Waals surface area contributed by atoms with Crippen molar-refractivity contribution < 1.29 is 4.79 Å². The van der Waals surface area contributed by atoms with Crippen LogP contribution in [0.1, 0.15) is 23.5 Å². The number of nitrogens with one attached hydrogen (secondary N) is 2. The third-order valence-corrected chi connectivity index (χ3v) is 3.74. The summed E-state index contributed by atoms with van der Waals surface area (Å²) in [6.45, 7) is 0. The average Bonchev–Trinajstić information content (AvgIpc) is 3.00. The van der Waals surface area contributed by atoms with E-state index in [9.17, 15) is 4.79 Å². The van der Waals surface area contributed by atoms with Crippen molar-refractivity contribution in [3.05, 3.63) is 65.9 Å². The van der Waals surface area contributed by atoms with Gasteiger partial charge < -0.3 is 5.32 Å². The number of H-pyrrole nitrogens is 1. The second-order valence-corrected chi connectivity index (χ2v) is 5.06. The lowest BCUT2D eigenvalue weighted by Gasteiger charge is -2.17. The molecule has 3 rings (SSSR count). The van der Waals surface area contributed by atoms with E-state index < -0.39 is 0 Å². The highest BCUT2D eigenvalue weighted by atomic mass is 16.1. The Morgan fingerprint density at radius 1 is 1.19 bits per heavy atom. The van der Waals surface area contributed by atoms with Gasteiger partial charge in [-0.15, -0.1) is 0 Å². The summed E-state index contributed by atoms with van der Waals surface area (Å²) >= 11 is 0. The van der Waals surface area contributed by atoms with Gasteiger partial charge in [0.25, 0.3) is 0 Å². The Balaban J connectivity index is 2.03. The van der Waals surface area contributed by atoms with Gasteiger partial charge in [0.2, 0.25) is 5.91 Å². The number of aromatic amines is 1. The van der Waals surface area contributed by atoms with Crippen molar-refractivity contribution in [2.24, 2.45) is 0 Å². The second-order valence-electron chi connectivity index (χ2n) is 5.06. The fraction of sp³-hybridized carbons (Fsp3) is 0.176. The zero-order chi connectivity index (χ0) is 14.7. The number of hydrogen-bond acceptors (Lipinski definition) is 2. The Bertz CT molecular complexity index is 749. The number of aromatic nitrogens is 2. The first-order valence-corrected chi connectivity index (χ1v) is 6.96. The van der Waals surface area contributed by atoms with Crippen LogP contribution in [0.5, 0.6) is 0 Å². The highest BCUT2D eigenvalue weighted by Gasteiger charge is 2.18. The summed E-state index contributed by atoms with van der Waals surface area (Å²) in [5.74, 6) is 0.0763. The van der Waals surface area contributed by atoms with Gasteiger partial charge in [0, 0.05) is 24.8 Å². The van der Waals surface area contributed by atoms with Crippen LogP contribution in [-0.4, -0.2) is 23.2 Å². The molecule has 4 heteroatoms. The Labute approximate surface area is 123 Å². The molecule has 106 valence electrons. The quantitative estimate of drug-likeness (QED) is 0.771. The van der Waals surface area contributed by atoms with Crippen molar-refractivity contribution in [2.45, 2.75) is 12.3 Å². The first-order valence-electron chi connectivity index (χ1n) is 6.96. The average molecular weight is 279 g/mol. The van der Waals surface area contributed by atoms with Crippen LogP contribution in [0, 0.1) is 0 Å². The molecule has 0 fully saturated rings. The molecule has 0 spiro atoms. The molecule has 0 saturated heterocycles. The molecular formula is C17H17N3O. The molecule has 4 nitrogen and oxygen atoms in total. The lowest BCUT2D eigenvalue weighted by Crippen LogP contribution is -2.21. The van der Waals surface area contributed by atoms with Gasteiger partial charge in [0.05, 0.1) is 11.7 Å². The van der Waals surface area contributed by atoms with Gasteiger partial charge in [-0.2, -0.15) is 5.10 Å². The van der Waals surface area contributed by atoms with E-state index in [4.69, 9.17) is 0 Å². The molecule has 1 unspecified atom stereocenters. The number of hydrogen-bond donors (Lipinski definition) is 2. The maximum absolute atomic E-state index is 11.9. The number of fused-ring (bicyclic) bond motifs is 1. The van der Waals surface area contributed by atoms with Crippen LogP contribution in [0.25, 0.3) is 10.9 Å². The van der Waals surface area contributed by atoms with Crippen molar-refractivity contribution in [3.8, 4) is 0 Å². The molecule has 3 aromatic rings. The van der Waals surface area contributed by atoms with E-state index in [1.54, 1.807) is 13.2 Å². The van der Waals surface area contributed by atoms with Crippen LogP contribution >= 0.6 is 0 Å². The fourth-order valence-electron chi connectivity index (χ4n) is 2.57. The van der Waals surface area contributed by atoms with Crippen molar-refractivity contribution in [2.75, 3.05) is 7.05 Å². The van der Waals surface area contributed by atoms with Crippen molar-refractivity contribution >= 4 is 16.8 Å². The maximum Gasteiger partial charge on any atom is 0.220 e. The van der Waals surface area contributed by atoms with Crippen LogP contribution in [0.3, 0.4) is 0 Å². The van der Waals surface area contributed by atoms with Crippen LogP contribution in [-0.2, 0) is 4.79 Å². The molecule has 2 N–H and O–H groups in total. The Hall–Kier alpha value is -2.62. The van der Waals surface area contributed by atoms with Crippen molar-refractivity contribution in [1.82, 2.24) is 15.5 Å². The van der Waals surface area contributed by atoms with Crippen LogP contribution in [0.4, 0.5) is 0 Å². The van der Waals surface area contributed by atoms with E-state index in [0.29, 0.717) is 6.42 Å². The van der Waals surface area contributed by atoms with E-state index >= 15 is 0 Å². The first-order chi connectivity index (χ1) is 10.3. The van der Waals surface area contributed by atoms with Gasteiger partial charge in [-0.25, -0.2) is 0 Å². The van der Waals surface area contributed by atoms with E-state index in [0.717, 1.165) is 22.0 Å². The number of amides is 1. The summed E-state index contributed by atoms with van der Waals surface area (Å²) in [5.41, 5.74) is 3.24. The Morgan fingerprint density at radius 3 is 2.76 bits per heavy atom. The van der Waals surface area contributed by atoms with E-state index in [1.165, 1.54) is 0 Å². The summed E-state index contributed by atoms with van der Waals surface area (Å²) in [6.07, 6.45) is 2.23. The lowest BCUT2D eigenvalue weighted by molar-refractivity contribution is -0.120. The van der Waals surface area contributed by atoms with Gasteiger partial charge in [-0.05, 0) is 17.2 Å². The summed E-state index contributed by atoms with van der Waals surface area (Å²) in [4.78, 5) is 11.9. The van der Waals surface area contributed by atoms with Crippen LogP contribution < -0.4 is 5.32 Å². The van der Waals surface area contributed by atoms with E-state index in [-0.39, 0.29) is 11.8 Å². The zero-order valence-electron chi connectivity index (χ0n) is 11.8. The molecule has 2 aromatic carbocycles. The Morgan fingerprint density at radius 2 is 2.00 bits per heavy atom. The van der Waals surface area contributed by atoms with Gasteiger partial charge >= 0.3 is 0 Å². The molecule has 0 aliphatic rings. The smallest absolute Gasteiger partial charge is 0.220 e. The van der Waals surface area contributed by atoms with Crippen LogP contribution in [0.2, 0.25) is 0 Å². The summed E-state index contributed by atoms with van der Waals surface area (Å²) in [7, 11) is 1.67. The van der Waals surface area contributed by atoms with Crippen molar-refractivity contribution in [3.63, 3.8) is 0 Å². The van der Waals surface area contributed by atoms with Gasteiger partial charge in [-0.3, -0.25) is 9.89 Å². The number of carbonyl (C=O) groups excluding carboxylic acids is 1. The summed E-state index contributed by atoms with van der Waals surface area (Å²) in [5, 5.41) is 10.8. The molecule has 1 amide bonds. The monoisotopic (exact) mass is 279 g/mol. The number of nitrogens with zero attached hydrogens (tertiary/aromatic N) is 1. The molecule has 0 bridgehead atoms. The SMILES string of the molecule is CNC(=O)CC(c1ccccc1)c1ccc2cn[nH]c2c1. The first kappa shape index (κ1) is 13.4. The van der Waals surface area contributed by atoms with Gasteiger partial charge in [0.1, 0.15) is 0 Å². The summed E-state index contributed by atoms with van der Waals surface area (Å²) in [6, 6.07) is 16.3. The molecule has 0 aliphatic heterocycles. The number of carbonyl (C=O) groups is 1. The Kier molecular flexibility index (Phi) is 3.69. The highest BCUT2D eigenvalue weighted by molar-refractivity contribution is 5.80. The highest BCUT2D eigenvalue weighted by Crippen LogP contribution is 2.29. The number of rotatable bonds is 4. The maximum atomic E-state index is 11.9. The molecule has 0 radical (unpaired) electrons. The topological polar surface area (TPSA) is 57.8 Å². The second kappa shape index (κ2) is 5.79. The molecular weight excluding hydrogens is 262 g/mol. The molecule has 1 heterocycles. The predicted octanol–water partition coefficient (Wildman–Crippen LogP) is 2.83. The van der Waals surface area contributed by atoms with E-state index in [2.05, 4.69) is 39.8 Å². The van der Waals surface area contributed by atoms with Crippen molar-refractivity contribution in [1.29, 1.82) is 0 Å². The molecule has 1 atom stereocenters. The fourth-order valence-corrected chi connectivity index (χ4v) is 2.57. The standard InChI is InChI=1S/C17H17N3O/c1-18-17(21)10-15(12-5-3-2-4-6-12)13-7-8-14-11-19-20-16(14)9-13/h2-9,11,15H,10H2,1H3,(H,18,21)(H,19,20). The van der Waals surface area contributed by atoms with Gasteiger partial charge in [0.15, 0.2) is 0 Å². The van der Waals surface area contributed by atoms with Gasteiger partial charge in [-0.1, -0.05) is 42.5 Å². The predicted molar refractivity (Wildman–Crippen MR) is 83.1 cm³/mol. The minimum absolute atomic E-state index is 0.0357. The normalized spacial score (nSPS) is 12.2. The minimum atomic E-state index is 0.0357. The third kappa shape index (κ3) is 2.79. The molecule has 21 heavy (non-hydrogen) atoms.